The molecule has 7 fully saturated rings. The Kier molecular flexibility index (Phi) is 31.0. The Morgan fingerprint density at radius 2 is 0.493 bits per heavy atom. The molecule has 3 amide bonds. The van der Waals surface area contributed by atoms with Gasteiger partial charge in [-0.05, 0) is 220 Å². The summed E-state index contributed by atoms with van der Waals surface area (Å²) in [5.41, 5.74) is 0.950. The molecule has 0 bridgehead atoms. The number of nitrogens with one attached hydrogen (secondary N) is 3. The molecule has 10 aromatic carbocycles. The normalized spacial score (nSPS) is 24.5. The summed E-state index contributed by atoms with van der Waals surface area (Å²) >= 11 is 30.4. The maximum absolute atomic E-state index is 13.7. The number of aliphatic imine (C=N–C) groups is 5. The van der Waals surface area contributed by atoms with E-state index in [2.05, 4.69) is 40.6 Å². The molecule has 22 rings (SSSR count). The van der Waals surface area contributed by atoms with E-state index in [0.29, 0.717) is 121 Å². The Hall–Kier alpha value is -12.7. The number of halogens is 5. The Morgan fingerprint density at radius 1 is 0.292 bits per heavy atom. The van der Waals surface area contributed by atoms with E-state index in [9.17, 15) is 49.5 Å². The Labute approximate surface area is 864 Å². The third-order valence-electron chi connectivity index (χ3n) is 29.1. The molecule has 8 N–H and O–H groups in total. The second kappa shape index (κ2) is 44.1. The summed E-state index contributed by atoms with van der Waals surface area (Å²) in [6.07, 6.45) is 25.2. The average Bonchev–Trinajstić information content (AvgIpc) is 1.63. The van der Waals surface area contributed by atoms with Crippen LogP contribution >= 0.6 is 58.0 Å². The number of hydrogen-bond acceptors (Lipinski definition) is 23. The first kappa shape index (κ1) is 101. The first-order chi connectivity index (χ1) is 69.8. The third kappa shape index (κ3) is 21.8. The summed E-state index contributed by atoms with van der Waals surface area (Å²) < 4.78 is 15.5. The minimum Gasteiger partial charge on any atom is -0.508 e. The minimum atomic E-state index is -1.28. The lowest BCUT2D eigenvalue weighted by Crippen LogP contribution is -2.49. The van der Waals surface area contributed by atoms with Gasteiger partial charge in [0.05, 0.1) is 82.7 Å². The highest BCUT2D eigenvalue weighted by Gasteiger charge is 2.61. The van der Waals surface area contributed by atoms with Crippen LogP contribution in [0.5, 0.6) is 28.7 Å². The van der Waals surface area contributed by atoms with Gasteiger partial charge in [-0.2, -0.15) is 0 Å². The molecule has 5 heterocycles. The van der Waals surface area contributed by atoms with Crippen molar-refractivity contribution < 1.29 is 63.7 Å². The molecule has 0 spiro atoms. The number of carbonyl (C=O) groups excluding carboxylic acids is 5. The van der Waals surface area contributed by atoms with Crippen molar-refractivity contribution in [3.05, 3.63) is 323 Å². The molecule has 0 unspecified atom stereocenters. The van der Waals surface area contributed by atoms with Crippen molar-refractivity contribution in [3.63, 3.8) is 0 Å². The lowest BCUT2D eigenvalue weighted by molar-refractivity contribution is -0.150. The molecule has 31 heteroatoms. The van der Waals surface area contributed by atoms with Crippen molar-refractivity contribution in [3.8, 4) is 28.7 Å². The number of methoxy groups -OCH3 is 3. The first-order valence-corrected chi connectivity index (χ1v) is 51.5. The largest absolute Gasteiger partial charge is 0.508 e. The molecule has 0 aromatic heterocycles. The van der Waals surface area contributed by atoms with Gasteiger partial charge in [-0.15, -0.1) is 0 Å². The summed E-state index contributed by atoms with van der Waals surface area (Å²) in [6.45, 7) is 6.11. The number of carbonyl (C=O) groups is 5. The van der Waals surface area contributed by atoms with Crippen LogP contribution in [0.3, 0.4) is 0 Å². The van der Waals surface area contributed by atoms with Crippen molar-refractivity contribution in [2.75, 3.05) is 80.3 Å². The SMILES string of the molecule is COC(=O)[C@@]1(c2ccccc2)N=CN(CC2CC2)[C@H]1c1ccc(Cl)cc1O.COC(=O)[C@]1(c2ccccc2)N=CN(CC2CC2)[C@H]1c1ccc(Cl)cc1O.COCCNC(=O)[C@]1(c2ccccc2)N=CN(CC2CC2)[C@H]1c1ccc(Cl)cc1O.O=C(NCC1CC1)[C@@]1(c2ccccc2)N=CN(CC2CC2)[C@H]1c1ccc(Cl)cc1O.O=C(NCC1CC1)[C@]1(c2ccccc2)N=CN(CC2CC2)[C@H]1c1ccc(Cl)cc1O. The van der Waals surface area contributed by atoms with Crippen LogP contribution in [0.2, 0.25) is 25.1 Å². The van der Waals surface area contributed by atoms with E-state index in [0.717, 1.165) is 86.2 Å². The number of phenols is 5. The average molecular weight is 2050 g/mol. The van der Waals surface area contributed by atoms with Crippen LogP contribution in [0.4, 0.5) is 0 Å². The van der Waals surface area contributed by atoms with Gasteiger partial charge >= 0.3 is 11.9 Å². The van der Waals surface area contributed by atoms with Crippen LogP contribution in [0, 0.1) is 41.4 Å². The zero-order chi connectivity index (χ0) is 101. The van der Waals surface area contributed by atoms with Crippen molar-refractivity contribution >= 4 is 119 Å². The van der Waals surface area contributed by atoms with Crippen LogP contribution in [0.1, 0.15) is 176 Å². The number of amides is 3. The fourth-order valence-electron chi connectivity index (χ4n) is 20.5. The molecule has 5 aliphatic heterocycles. The number of ether oxygens (including phenoxy) is 3. The molecule has 26 nitrogen and oxygen atoms in total. The predicted octanol–water partition coefficient (Wildman–Crippen LogP) is 19.8. The van der Waals surface area contributed by atoms with Crippen LogP contribution in [0.15, 0.2) is 268 Å². The zero-order valence-electron chi connectivity index (χ0n) is 80.5. The van der Waals surface area contributed by atoms with E-state index in [1.54, 1.807) is 99.5 Å². The lowest BCUT2D eigenvalue weighted by atomic mass is 9.78. The second-order valence-electron chi connectivity index (χ2n) is 39.7. The number of hydrogen-bond donors (Lipinski definition) is 8. The number of nitrogens with zero attached hydrogens (tertiary/aromatic N) is 10. The number of benzene rings is 10. The zero-order valence-corrected chi connectivity index (χ0v) is 84.3. The monoisotopic (exact) mass is 2040 g/mol. The van der Waals surface area contributed by atoms with Crippen molar-refractivity contribution in [1.29, 1.82) is 0 Å². The molecule has 10 atom stereocenters. The predicted molar refractivity (Wildman–Crippen MR) is 560 cm³/mol. The topological polar surface area (TPSA) is 328 Å². The number of rotatable bonds is 32. The van der Waals surface area contributed by atoms with Gasteiger partial charge in [-0.3, -0.25) is 29.4 Å². The van der Waals surface area contributed by atoms with Gasteiger partial charge in [0.15, 0.2) is 16.6 Å². The van der Waals surface area contributed by atoms with E-state index in [4.69, 9.17) is 87.2 Å². The van der Waals surface area contributed by atoms with Gasteiger partial charge in [0.1, 0.15) is 28.7 Å². The fraction of sp³-hybridized carbons (Fsp3) is 0.381. The number of esters is 2. The van der Waals surface area contributed by atoms with Gasteiger partial charge in [0.2, 0.25) is 11.1 Å². The molecule has 7 saturated carbocycles. The maximum atomic E-state index is 13.7. The third-order valence-corrected chi connectivity index (χ3v) is 30.3. The van der Waals surface area contributed by atoms with Crippen LogP contribution in [-0.2, 0) is 65.9 Å². The highest BCUT2D eigenvalue weighted by atomic mass is 35.5. The summed E-state index contributed by atoms with van der Waals surface area (Å²) in [5, 5.41) is 65.2. The van der Waals surface area contributed by atoms with Crippen molar-refractivity contribution in [2.45, 2.75) is 148 Å². The fourth-order valence-corrected chi connectivity index (χ4v) is 21.3. The molecule has 144 heavy (non-hydrogen) atoms. The second-order valence-corrected chi connectivity index (χ2v) is 41.8. The Morgan fingerprint density at radius 3 is 0.694 bits per heavy atom. The molecule has 7 aliphatic carbocycles. The Balaban J connectivity index is 0.000000119. The smallest absolute Gasteiger partial charge is 0.341 e. The van der Waals surface area contributed by atoms with Crippen LogP contribution < -0.4 is 16.0 Å². The Bertz CT molecular complexity index is 6110. The number of aromatic hydroxyl groups is 5. The highest BCUT2D eigenvalue weighted by molar-refractivity contribution is 6.32. The van der Waals surface area contributed by atoms with Gasteiger partial charge in [-0.1, -0.05) is 240 Å². The summed E-state index contributed by atoms with van der Waals surface area (Å²) in [4.78, 5) is 102. The summed E-state index contributed by atoms with van der Waals surface area (Å²) in [7, 11) is 4.33. The van der Waals surface area contributed by atoms with Crippen molar-refractivity contribution in [1.82, 2.24) is 40.4 Å². The lowest BCUT2D eigenvalue weighted by Gasteiger charge is -2.37. The number of phenolic OH excluding ortho intramolecular Hbond substituents is 5. The summed E-state index contributed by atoms with van der Waals surface area (Å²) in [5.74, 6) is 3.05. The molecular weight excluding hydrogens is 1920 g/mol. The molecule has 0 radical (unpaired) electrons. The van der Waals surface area contributed by atoms with E-state index in [1.807, 2.05) is 174 Å². The van der Waals surface area contributed by atoms with E-state index in [1.165, 1.54) is 96.6 Å². The minimum absolute atomic E-state index is 0.0445. The van der Waals surface area contributed by atoms with Gasteiger partial charge in [0, 0.05) is 112 Å². The van der Waals surface area contributed by atoms with E-state index >= 15 is 0 Å². The molecule has 750 valence electrons. The standard InChI is InChI=1S/2C24H26ClN3O2.C23H26ClN3O3.2C21H21ClN2O3/c2*25-19-10-11-20(21(29)12-19)22-24(18-4-2-1-3-5-18,23(30)26-13-16-6-7-16)27-15-28(22)14-17-8-9-17;1-30-12-11-25-22(29)23(17-5-3-2-4-6-17)21(19-10-9-18(24)13-20(19)28)27(15-26-23)14-16-7-8-16;2*1-27-20(26)21(15-5-3-2-4-6-15)19(17-10-9-16(22)11-18(17)25)24(13-23-21)12-14-7-8-14/h2*1-5,10-12,15-17,22,29H,6-9,13-14H2,(H,26,30);2-6,9-10,13,15-16,21,28H,7-8,11-12,14H2,1H3,(H,25,29);2*2-6,9-11,13-14,19,25H,7-8,12H2,1H3/t22-,24+;22-,24-;21-,23+;19-,21+;19-,21-/m00000/s1. The van der Waals surface area contributed by atoms with Gasteiger partial charge < -0.3 is 80.2 Å². The summed E-state index contributed by atoms with van der Waals surface area (Å²) in [6, 6.07) is 70.6. The quantitative estimate of drug-likeness (QED) is 0.0143. The molecular formula is C113H120Cl5N13O13. The maximum Gasteiger partial charge on any atom is 0.341 e. The first-order valence-electron chi connectivity index (χ1n) is 49.6. The van der Waals surface area contributed by atoms with E-state index in [-0.39, 0.29) is 46.5 Å². The molecule has 12 aliphatic rings. The van der Waals surface area contributed by atoms with Gasteiger partial charge in [-0.25, -0.2) is 19.6 Å². The molecule has 0 saturated heterocycles. The van der Waals surface area contributed by atoms with Crippen LogP contribution in [0.25, 0.3) is 0 Å². The molecule has 10 aromatic rings. The van der Waals surface area contributed by atoms with Gasteiger partial charge in [0.25, 0.3) is 17.7 Å². The highest BCUT2D eigenvalue weighted by Crippen LogP contribution is 2.58. The van der Waals surface area contributed by atoms with Crippen LogP contribution in [-0.4, -0.2) is 192 Å². The van der Waals surface area contributed by atoms with Crippen molar-refractivity contribution in [2.24, 2.45) is 66.4 Å². The van der Waals surface area contributed by atoms with E-state index < -0.39 is 69.8 Å².